The quantitative estimate of drug-likeness (QED) is 0.802. The molecule has 0 aliphatic heterocycles. The third kappa shape index (κ3) is 1.24. The largest absolute Gasteiger partial charge is 0.321 e. The predicted octanol–water partition coefficient (Wildman–Crippen LogP) is 3.03. The van der Waals surface area contributed by atoms with Crippen molar-refractivity contribution < 1.29 is 0 Å². The van der Waals surface area contributed by atoms with Gasteiger partial charge >= 0.3 is 0 Å². The standard InChI is InChI=1S/C11H14BrN/c1-10(2)7-11(10,13)8-5-3-4-6-9(8)12/h3-6H,7,13H2,1-2H3. The van der Waals surface area contributed by atoms with Crippen molar-refractivity contribution in [1.82, 2.24) is 0 Å². The molecule has 0 aromatic heterocycles. The van der Waals surface area contributed by atoms with E-state index in [9.17, 15) is 0 Å². The molecule has 2 N–H and O–H groups in total. The first-order chi connectivity index (χ1) is 5.97. The number of rotatable bonds is 1. The van der Waals surface area contributed by atoms with Crippen LogP contribution in [0.15, 0.2) is 28.7 Å². The zero-order chi connectivity index (χ0) is 9.69. The van der Waals surface area contributed by atoms with Crippen molar-refractivity contribution in [2.45, 2.75) is 25.8 Å². The second-order valence-electron chi connectivity index (χ2n) is 4.51. The van der Waals surface area contributed by atoms with Crippen LogP contribution < -0.4 is 5.73 Å². The minimum Gasteiger partial charge on any atom is -0.321 e. The molecule has 2 rings (SSSR count). The van der Waals surface area contributed by atoms with Crippen LogP contribution in [0.4, 0.5) is 0 Å². The van der Waals surface area contributed by atoms with Crippen LogP contribution in [0.2, 0.25) is 0 Å². The molecule has 0 saturated heterocycles. The molecule has 1 aliphatic rings. The van der Waals surface area contributed by atoms with E-state index >= 15 is 0 Å². The van der Waals surface area contributed by atoms with Crippen molar-refractivity contribution in [3.8, 4) is 0 Å². The minimum atomic E-state index is -0.118. The number of hydrogen-bond acceptors (Lipinski definition) is 1. The van der Waals surface area contributed by atoms with E-state index in [1.54, 1.807) is 0 Å². The molecule has 1 unspecified atom stereocenters. The van der Waals surface area contributed by atoms with Gasteiger partial charge in [0, 0.05) is 10.0 Å². The highest BCUT2D eigenvalue weighted by molar-refractivity contribution is 9.10. The van der Waals surface area contributed by atoms with Crippen LogP contribution in [0.3, 0.4) is 0 Å². The van der Waals surface area contributed by atoms with E-state index in [4.69, 9.17) is 5.73 Å². The summed E-state index contributed by atoms with van der Waals surface area (Å²) in [6.45, 7) is 4.43. The molecule has 13 heavy (non-hydrogen) atoms. The van der Waals surface area contributed by atoms with Gasteiger partial charge in [-0.05, 0) is 23.5 Å². The van der Waals surface area contributed by atoms with E-state index in [1.807, 2.05) is 12.1 Å². The van der Waals surface area contributed by atoms with Gasteiger partial charge < -0.3 is 5.73 Å². The van der Waals surface area contributed by atoms with Crippen molar-refractivity contribution in [1.29, 1.82) is 0 Å². The SMILES string of the molecule is CC1(C)CC1(N)c1ccccc1Br. The van der Waals surface area contributed by atoms with Crippen molar-refractivity contribution in [2.24, 2.45) is 11.1 Å². The summed E-state index contributed by atoms with van der Waals surface area (Å²) in [4.78, 5) is 0. The average molecular weight is 240 g/mol. The van der Waals surface area contributed by atoms with Crippen molar-refractivity contribution in [3.63, 3.8) is 0 Å². The van der Waals surface area contributed by atoms with Crippen LogP contribution in [-0.4, -0.2) is 0 Å². The lowest BCUT2D eigenvalue weighted by atomic mass is 9.97. The van der Waals surface area contributed by atoms with Crippen LogP contribution in [0.25, 0.3) is 0 Å². The Labute approximate surface area is 87.5 Å². The van der Waals surface area contributed by atoms with E-state index in [0.717, 1.165) is 10.9 Å². The highest BCUT2D eigenvalue weighted by Gasteiger charge is 2.59. The predicted molar refractivity (Wildman–Crippen MR) is 58.4 cm³/mol. The van der Waals surface area contributed by atoms with E-state index in [-0.39, 0.29) is 11.0 Å². The lowest BCUT2D eigenvalue weighted by Gasteiger charge is -2.16. The molecule has 2 heteroatoms. The Morgan fingerprint density at radius 2 is 1.85 bits per heavy atom. The van der Waals surface area contributed by atoms with E-state index in [1.165, 1.54) is 5.56 Å². The van der Waals surface area contributed by atoms with E-state index in [0.29, 0.717) is 0 Å². The van der Waals surface area contributed by atoms with E-state index < -0.39 is 0 Å². The fraction of sp³-hybridized carbons (Fsp3) is 0.455. The van der Waals surface area contributed by atoms with Crippen LogP contribution in [0.5, 0.6) is 0 Å². The normalized spacial score (nSPS) is 30.2. The summed E-state index contributed by atoms with van der Waals surface area (Å²) in [5.74, 6) is 0. The number of hydrogen-bond donors (Lipinski definition) is 1. The summed E-state index contributed by atoms with van der Waals surface area (Å²) in [5.41, 5.74) is 7.68. The van der Waals surface area contributed by atoms with Gasteiger partial charge in [-0.25, -0.2) is 0 Å². The molecule has 1 saturated carbocycles. The molecule has 1 atom stereocenters. The molecule has 0 bridgehead atoms. The Morgan fingerprint density at radius 1 is 1.31 bits per heavy atom. The molecular formula is C11H14BrN. The molecule has 1 aliphatic carbocycles. The fourth-order valence-electron chi connectivity index (χ4n) is 1.94. The minimum absolute atomic E-state index is 0.118. The number of nitrogens with two attached hydrogens (primary N) is 1. The first-order valence-electron chi connectivity index (χ1n) is 4.51. The first-order valence-corrected chi connectivity index (χ1v) is 5.31. The van der Waals surface area contributed by atoms with Crippen LogP contribution in [-0.2, 0) is 5.54 Å². The Hall–Kier alpha value is -0.340. The summed E-state index contributed by atoms with van der Waals surface area (Å²) in [6.07, 6.45) is 1.07. The van der Waals surface area contributed by atoms with Crippen LogP contribution in [0.1, 0.15) is 25.8 Å². The summed E-state index contributed by atoms with van der Waals surface area (Å²) < 4.78 is 1.13. The van der Waals surface area contributed by atoms with Gasteiger partial charge in [0.05, 0.1) is 0 Å². The van der Waals surface area contributed by atoms with Gasteiger partial charge in [0.25, 0.3) is 0 Å². The molecular weight excluding hydrogens is 226 g/mol. The zero-order valence-electron chi connectivity index (χ0n) is 7.97. The molecule has 1 fully saturated rings. The Balaban J connectivity index is 2.44. The summed E-state index contributed by atoms with van der Waals surface area (Å²) in [5, 5.41) is 0. The monoisotopic (exact) mass is 239 g/mol. The lowest BCUT2D eigenvalue weighted by Crippen LogP contribution is -2.25. The smallest absolute Gasteiger partial charge is 0.0479 e. The third-order valence-electron chi connectivity index (χ3n) is 3.16. The van der Waals surface area contributed by atoms with Gasteiger partial charge in [-0.3, -0.25) is 0 Å². The van der Waals surface area contributed by atoms with Crippen LogP contribution in [0, 0.1) is 5.41 Å². The van der Waals surface area contributed by atoms with Gasteiger partial charge in [0.15, 0.2) is 0 Å². The molecule has 70 valence electrons. The first kappa shape index (κ1) is 9.22. The van der Waals surface area contributed by atoms with Gasteiger partial charge in [0.1, 0.15) is 0 Å². The maximum Gasteiger partial charge on any atom is 0.0479 e. The molecule has 1 aromatic rings. The third-order valence-corrected chi connectivity index (χ3v) is 3.85. The van der Waals surface area contributed by atoms with Gasteiger partial charge in [-0.15, -0.1) is 0 Å². The maximum atomic E-state index is 6.32. The maximum absolute atomic E-state index is 6.32. The van der Waals surface area contributed by atoms with E-state index in [2.05, 4.69) is 41.9 Å². The van der Waals surface area contributed by atoms with Gasteiger partial charge in [-0.2, -0.15) is 0 Å². The molecule has 0 amide bonds. The molecule has 1 aromatic carbocycles. The van der Waals surface area contributed by atoms with Gasteiger partial charge in [0.2, 0.25) is 0 Å². The van der Waals surface area contributed by atoms with Crippen molar-refractivity contribution >= 4 is 15.9 Å². The summed E-state index contributed by atoms with van der Waals surface area (Å²) in [6, 6.07) is 8.23. The Kier molecular flexibility index (Phi) is 1.83. The highest BCUT2D eigenvalue weighted by Crippen LogP contribution is 2.61. The molecule has 0 heterocycles. The van der Waals surface area contributed by atoms with Crippen LogP contribution >= 0.6 is 15.9 Å². The Morgan fingerprint density at radius 3 is 2.31 bits per heavy atom. The summed E-state index contributed by atoms with van der Waals surface area (Å²) >= 11 is 3.54. The molecule has 0 radical (unpaired) electrons. The Bertz CT molecular complexity index is 346. The van der Waals surface area contributed by atoms with Gasteiger partial charge in [-0.1, -0.05) is 48.0 Å². The summed E-state index contributed by atoms with van der Waals surface area (Å²) in [7, 11) is 0. The fourth-order valence-corrected chi connectivity index (χ4v) is 2.57. The van der Waals surface area contributed by atoms with Crippen molar-refractivity contribution in [2.75, 3.05) is 0 Å². The van der Waals surface area contributed by atoms with Crippen molar-refractivity contribution in [3.05, 3.63) is 34.3 Å². The highest BCUT2D eigenvalue weighted by atomic mass is 79.9. The lowest BCUT2D eigenvalue weighted by molar-refractivity contribution is 0.508. The second kappa shape index (κ2) is 2.58. The molecule has 1 nitrogen and oxygen atoms in total. The zero-order valence-corrected chi connectivity index (χ0v) is 9.56. The topological polar surface area (TPSA) is 26.0 Å². The molecule has 0 spiro atoms. The second-order valence-corrected chi connectivity index (χ2v) is 5.37. The number of benzene rings is 1. The average Bonchev–Trinajstić information content (AvgIpc) is 2.53. The number of halogens is 1.